The Morgan fingerprint density at radius 3 is 2.38 bits per heavy atom. The molecule has 5 heteroatoms. The van der Waals surface area contributed by atoms with E-state index in [4.69, 9.17) is 0 Å². The summed E-state index contributed by atoms with van der Waals surface area (Å²) in [5.41, 5.74) is 1.11. The summed E-state index contributed by atoms with van der Waals surface area (Å²) in [6, 6.07) is 7.89. The van der Waals surface area contributed by atoms with Crippen LogP contribution in [0.5, 0.6) is 0 Å². The fourth-order valence-corrected chi connectivity index (χ4v) is 3.44. The van der Waals surface area contributed by atoms with Crippen molar-refractivity contribution in [3.05, 3.63) is 42.0 Å². The van der Waals surface area contributed by atoms with E-state index in [0.717, 1.165) is 24.8 Å². The lowest BCUT2D eigenvalue weighted by Gasteiger charge is -2.24. The molecule has 1 N–H and O–H groups in total. The van der Waals surface area contributed by atoms with Crippen molar-refractivity contribution in [2.45, 2.75) is 43.2 Å². The molecule has 1 aliphatic rings. The third-order valence-corrected chi connectivity index (χ3v) is 5.74. The Labute approximate surface area is 127 Å². The van der Waals surface area contributed by atoms with Crippen molar-refractivity contribution < 1.29 is 8.42 Å². The first-order chi connectivity index (χ1) is 9.91. The van der Waals surface area contributed by atoms with Crippen LogP contribution in [-0.4, -0.2) is 32.9 Å². The first kappa shape index (κ1) is 16.2. The van der Waals surface area contributed by atoms with Gasteiger partial charge in [-0.1, -0.05) is 24.3 Å². The second-order valence-corrected chi connectivity index (χ2v) is 7.88. The molecule has 0 bridgehead atoms. The van der Waals surface area contributed by atoms with E-state index in [9.17, 15) is 8.42 Å². The van der Waals surface area contributed by atoms with Gasteiger partial charge in [0.15, 0.2) is 0 Å². The van der Waals surface area contributed by atoms with Crippen molar-refractivity contribution in [2.75, 3.05) is 14.1 Å². The molecule has 116 valence electrons. The molecule has 0 fully saturated rings. The zero-order valence-electron chi connectivity index (χ0n) is 12.9. The Morgan fingerprint density at radius 1 is 1.19 bits per heavy atom. The molecule has 0 saturated carbocycles. The van der Waals surface area contributed by atoms with Crippen LogP contribution in [0.25, 0.3) is 0 Å². The van der Waals surface area contributed by atoms with Gasteiger partial charge in [0.25, 0.3) is 0 Å². The van der Waals surface area contributed by atoms with Gasteiger partial charge in [-0.05, 0) is 43.9 Å². The average molecular weight is 308 g/mol. The van der Waals surface area contributed by atoms with Gasteiger partial charge in [0.05, 0.1) is 4.90 Å². The van der Waals surface area contributed by atoms with Crippen LogP contribution in [0.2, 0.25) is 0 Å². The van der Waals surface area contributed by atoms with Crippen molar-refractivity contribution in [2.24, 2.45) is 0 Å². The lowest BCUT2D eigenvalue weighted by molar-refractivity contribution is 0.426. The van der Waals surface area contributed by atoms with E-state index in [-0.39, 0.29) is 6.04 Å². The second kappa shape index (κ2) is 6.73. The third-order valence-electron chi connectivity index (χ3n) is 3.91. The van der Waals surface area contributed by atoms with E-state index in [1.54, 1.807) is 26.2 Å². The Bertz CT molecular complexity index is 591. The molecule has 1 aromatic carbocycles. The molecule has 2 rings (SSSR count). The van der Waals surface area contributed by atoms with Crippen LogP contribution in [-0.2, 0) is 10.0 Å². The predicted molar refractivity (Wildman–Crippen MR) is 85.6 cm³/mol. The molecule has 21 heavy (non-hydrogen) atoms. The van der Waals surface area contributed by atoms with Crippen LogP contribution < -0.4 is 5.32 Å². The summed E-state index contributed by atoms with van der Waals surface area (Å²) in [6.07, 6.45) is 7.81. The third kappa shape index (κ3) is 3.93. The lowest BCUT2D eigenvalue weighted by Crippen LogP contribution is -2.32. The maximum absolute atomic E-state index is 12.0. The summed E-state index contributed by atoms with van der Waals surface area (Å²) in [6.45, 7) is 2.12. The van der Waals surface area contributed by atoms with Gasteiger partial charge >= 0.3 is 0 Å². The first-order valence-electron chi connectivity index (χ1n) is 7.35. The summed E-state index contributed by atoms with van der Waals surface area (Å²) < 4.78 is 25.3. The molecule has 0 amide bonds. The quantitative estimate of drug-likeness (QED) is 0.851. The first-order valence-corrected chi connectivity index (χ1v) is 8.79. The zero-order valence-corrected chi connectivity index (χ0v) is 13.7. The van der Waals surface area contributed by atoms with E-state index in [0.29, 0.717) is 10.9 Å². The second-order valence-electron chi connectivity index (χ2n) is 5.73. The largest absolute Gasteiger partial charge is 0.307 e. The molecule has 2 unspecified atom stereocenters. The van der Waals surface area contributed by atoms with Gasteiger partial charge in [-0.25, -0.2) is 12.7 Å². The van der Waals surface area contributed by atoms with Crippen LogP contribution in [0.15, 0.2) is 41.3 Å². The molecule has 0 aliphatic heterocycles. The van der Waals surface area contributed by atoms with Gasteiger partial charge < -0.3 is 5.32 Å². The van der Waals surface area contributed by atoms with Crippen molar-refractivity contribution in [1.29, 1.82) is 0 Å². The number of benzene rings is 1. The van der Waals surface area contributed by atoms with Crippen LogP contribution in [0, 0.1) is 0 Å². The predicted octanol–water partition coefficient (Wildman–Crippen LogP) is 2.70. The van der Waals surface area contributed by atoms with Gasteiger partial charge in [-0.2, -0.15) is 0 Å². The number of nitrogens with zero attached hydrogens (tertiary/aromatic N) is 1. The number of sulfonamides is 1. The van der Waals surface area contributed by atoms with Crippen molar-refractivity contribution in [1.82, 2.24) is 9.62 Å². The highest BCUT2D eigenvalue weighted by Gasteiger charge is 2.18. The summed E-state index contributed by atoms with van der Waals surface area (Å²) in [7, 11) is -0.251. The smallest absolute Gasteiger partial charge is 0.242 e. The Morgan fingerprint density at radius 2 is 1.86 bits per heavy atom. The Balaban J connectivity index is 2.06. The highest BCUT2D eigenvalue weighted by molar-refractivity contribution is 7.89. The van der Waals surface area contributed by atoms with Crippen molar-refractivity contribution in [3.8, 4) is 0 Å². The van der Waals surface area contributed by atoms with Crippen molar-refractivity contribution >= 4 is 10.0 Å². The normalized spacial score (nSPS) is 20.7. The van der Waals surface area contributed by atoms with Gasteiger partial charge in [0.2, 0.25) is 10.0 Å². The van der Waals surface area contributed by atoms with E-state index in [2.05, 4.69) is 24.4 Å². The number of hydrogen-bond donors (Lipinski definition) is 1. The minimum Gasteiger partial charge on any atom is -0.307 e. The molecule has 1 aliphatic carbocycles. The highest BCUT2D eigenvalue weighted by Crippen LogP contribution is 2.20. The number of rotatable bonds is 5. The van der Waals surface area contributed by atoms with Crippen LogP contribution in [0.4, 0.5) is 0 Å². The molecule has 0 radical (unpaired) electrons. The summed E-state index contributed by atoms with van der Waals surface area (Å²) in [5.74, 6) is 0. The molecular formula is C16H24N2O2S. The van der Waals surface area contributed by atoms with E-state index in [1.807, 2.05) is 12.1 Å². The number of nitrogens with one attached hydrogen (secondary N) is 1. The SMILES string of the molecule is CC(NC1CC=CCC1)c1ccc(S(=O)(=O)N(C)C)cc1. The maximum atomic E-state index is 12.0. The van der Waals surface area contributed by atoms with Gasteiger partial charge in [-0.15, -0.1) is 0 Å². The molecule has 2 atom stereocenters. The monoisotopic (exact) mass is 308 g/mol. The lowest BCUT2D eigenvalue weighted by atomic mass is 9.99. The fourth-order valence-electron chi connectivity index (χ4n) is 2.53. The van der Waals surface area contributed by atoms with E-state index < -0.39 is 10.0 Å². The van der Waals surface area contributed by atoms with Gasteiger partial charge in [0, 0.05) is 26.2 Å². The fraction of sp³-hybridized carbons (Fsp3) is 0.500. The summed E-state index contributed by atoms with van der Waals surface area (Å²) >= 11 is 0. The molecule has 0 aromatic heterocycles. The molecule has 0 spiro atoms. The topological polar surface area (TPSA) is 49.4 Å². The number of hydrogen-bond acceptors (Lipinski definition) is 3. The average Bonchev–Trinajstić information content (AvgIpc) is 2.48. The maximum Gasteiger partial charge on any atom is 0.242 e. The van der Waals surface area contributed by atoms with Crippen molar-refractivity contribution in [3.63, 3.8) is 0 Å². The standard InChI is InChI=1S/C16H24N2O2S/c1-13(17-15-7-5-4-6-8-15)14-9-11-16(12-10-14)21(19,20)18(2)3/h4-5,9-13,15,17H,6-8H2,1-3H3. The Kier molecular flexibility index (Phi) is 5.19. The summed E-state index contributed by atoms with van der Waals surface area (Å²) in [4.78, 5) is 0.337. The highest BCUT2D eigenvalue weighted by atomic mass is 32.2. The molecule has 1 aromatic rings. The Hall–Kier alpha value is -1.17. The molecule has 4 nitrogen and oxygen atoms in total. The molecule has 0 saturated heterocycles. The van der Waals surface area contributed by atoms with Crippen LogP contribution in [0.1, 0.15) is 37.8 Å². The van der Waals surface area contributed by atoms with E-state index >= 15 is 0 Å². The summed E-state index contributed by atoms with van der Waals surface area (Å²) in [5, 5.41) is 3.60. The minimum absolute atomic E-state index is 0.220. The van der Waals surface area contributed by atoms with Gasteiger partial charge in [0.1, 0.15) is 0 Å². The number of allylic oxidation sites excluding steroid dienone is 1. The van der Waals surface area contributed by atoms with Crippen LogP contribution >= 0.6 is 0 Å². The van der Waals surface area contributed by atoms with E-state index in [1.165, 1.54) is 4.31 Å². The van der Waals surface area contributed by atoms with Gasteiger partial charge in [-0.3, -0.25) is 0 Å². The van der Waals surface area contributed by atoms with Crippen LogP contribution in [0.3, 0.4) is 0 Å². The molecule has 0 heterocycles. The zero-order chi connectivity index (χ0) is 15.5. The minimum atomic E-state index is -3.34. The molecular weight excluding hydrogens is 284 g/mol.